The summed E-state index contributed by atoms with van der Waals surface area (Å²) in [6.45, 7) is 3.68. The minimum atomic E-state index is -3.95. The fourth-order valence-electron chi connectivity index (χ4n) is 1.70. The molecule has 0 saturated heterocycles. The van der Waals surface area contributed by atoms with Gasteiger partial charge in [-0.25, -0.2) is 8.42 Å². The number of carbonyl (C=O) groups is 1. The molecule has 0 radical (unpaired) electrons. The van der Waals surface area contributed by atoms with Crippen molar-refractivity contribution in [2.75, 3.05) is 6.61 Å². The minimum Gasteiger partial charge on any atom is -0.482 e. The normalized spacial score (nSPS) is 11.5. The zero-order valence-corrected chi connectivity index (χ0v) is 14.9. The Kier molecular flexibility index (Phi) is 6.96. The first-order valence-corrected chi connectivity index (χ1v) is 9.54. The number of hydrogen-bond acceptors (Lipinski definition) is 4. The number of hydrogen-bond donors (Lipinski definition) is 1. The predicted molar refractivity (Wildman–Crippen MR) is 85.2 cm³/mol. The molecule has 0 bridgehead atoms. The van der Waals surface area contributed by atoms with Gasteiger partial charge in [-0.05, 0) is 31.0 Å². The van der Waals surface area contributed by atoms with Gasteiger partial charge >= 0.3 is 0 Å². The maximum Gasteiger partial charge on any atom is 0.265 e. The van der Waals surface area contributed by atoms with E-state index < -0.39 is 9.05 Å². The first kappa shape index (κ1) is 18.3. The summed E-state index contributed by atoms with van der Waals surface area (Å²) >= 11 is 3.16. The first-order chi connectivity index (χ1) is 9.77. The second kappa shape index (κ2) is 8.00. The highest BCUT2D eigenvalue weighted by atomic mass is 79.9. The summed E-state index contributed by atoms with van der Waals surface area (Å²) in [7, 11) is 1.40. The van der Waals surface area contributed by atoms with Crippen LogP contribution < -0.4 is 10.1 Å². The maximum atomic E-state index is 11.7. The molecule has 1 amide bonds. The molecule has 0 aliphatic heterocycles. The lowest BCUT2D eigenvalue weighted by Crippen LogP contribution is -2.37. The number of halogens is 2. The third-order valence-electron chi connectivity index (χ3n) is 2.88. The van der Waals surface area contributed by atoms with Crippen molar-refractivity contribution in [3.63, 3.8) is 0 Å². The molecule has 0 aliphatic rings. The lowest BCUT2D eigenvalue weighted by atomic mass is 10.2. The molecule has 1 aromatic rings. The SMILES string of the molecule is CCC(CC)NC(=O)COc1ccc(Br)cc1S(=O)(=O)Cl. The van der Waals surface area contributed by atoms with E-state index in [-0.39, 0.29) is 29.2 Å². The molecule has 1 aromatic carbocycles. The Balaban J connectivity index is 2.78. The lowest BCUT2D eigenvalue weighted by molar-refractivity contribution is -0.123. The molecule has 0 atom stereocenters. The van der Waals surface area contributed by atoms with Crippen LogP contribution in [0.15, 0.2) is 27.6 Å². The van der Waals surface area contributed by atoms with Gasteiger partial charge in [0.1, 0.15) is 10.6 Å². The molecule has 1 N–H and O–H groups in total. The Morgan fingerprint density at radius 2 is 2.00 bits per heavy atom. The number of amides is 1. The van der Waals surface area contributed by atoms with Crippen molar-refractivity contribution < 1.29 is 17.9 Å². The van der Waals surface area contributed by atoms with Crippen molar-refractivity contribution in [1.29, 1.82) is 0 Å². The van der Waals surface area contributed by atoms with E-state index in [1.54, 1.807) is 6.07 Å². The van der Waals surface area contributed by atoms with Gasteiger partial charge in [0.2, 0.25) is 0 Å². The second-order valence-corrected chi connectivity index (χ2v) is 7.85. The Bertz CT molecular complexity index is 602. The second-order valence-electron chi connectivity index (χ2n) is 4.40. The number of benzene rings is 1. The lowest BCUT2D eigenvalue weighted by Gasteiger charge is -2.15. The van der Waals surface area contributed by atoms with Crippen LogP contribution in [0.3, 0.4) is 0 Å². The Labute approximate surface area is 137 Å². The molecule has 0 heterocycles. The summed E-state index contributed by atoms with van der Waals surface area (Å²) < 4.78 is 28.8. The van der Waals surface area contributed by atoms with E-state index >= 15 is 0 Å². The van der Waals surface area contributed by atoms with E-state index in [1.165, 1.54) is 12.1 Å². The van der Waals surface area contributed by atoms with E-state index in [0.717, 1.165) is 12.8 Å². The van der Waals surface area contributed by atoms with Crippen molar-refractivity contribution in [2.24, 2.45) is 0 Å². The van der Waals surface area contributed by atoms with Crippen LogP contribution in [0.1, 0.15) is 26.7 Å². The Morgan fingerprint density at radius 1 is 1.38 bits per heavy atom. The molecule has 0 spiro atoms. The molecule has 0 aromatic heterocycles. The van der Waals surface area contributed by atoms with Gasteiger partial charge in [-0.3, -0.25) is 4.79 Å². The molecule has 0 fully saturated rings. The van der Waals surface area contributed by atoms with Crippen LogP contribution in [0.4, 0.5) is 0 Å². The van der Waals surface area contributed by atoms with Crippen molar-refractivity contribution in [2.45, 2.75) is 37.6 Å². The summed E-state index contributed by atoms with van der Waals surface area (Å²) in [5, 5.41) is 2.80. The van der Waals surface area contributed by atoms with Crippen molar-refractivity contribution in [1.82, 2.24) is 5.32 Å². The number of carbonyl (C=O) groups excluding carboxylic acids is 1. The van der Waals surface area contributed by atoms with Crippen LogP contribution in [0.25, 0.3) is 0 Å². The molecule has 8 heteroatoms. The smallest absolute Gasteiger partial charge is 0.265 e. The molecule has 0 aliphatic carbocycles. The minimum absolute atomic E-state index is 0.0490. The van der Waals surface area contributed by atoms with Crippen molar-refractivity contribution in [3.8, 4) is 5.75 Å². The molecular weight excluding hydrogens is 382 g/mol. The summed E-state index contributed by atoms with van der Waals surface area (Å²) in [5.74, 6) is -0.252. The van der Waals surface area contributed by atoms with Gasteiger partial charge < -0.3 is 10.1 Å². The van der Waals surface area contributed by atoms with Gasteiger partial charge in [-0.1, -0.05) is 29.8 Å². The van der Waals surface area contributed by atoms with Crippen LogP contribution >= 0.6 is 26.6 Å². The monoisotopic (exact) mass is 397 g/mol. The molecule has 1 rings (SSSR count). The zero-order chi connectivity index (χ0) is 16.0. The van der Waals surface area contributed by atoms with Gasteiger partial charge in [-0.15, -0.1) is 0 Å². The molecule has 118 valence electrons. The van der Waals surface area contributed by atoms with Crippen LogP contribution in [0.5, 0.6) is 5.75 Å². The topological polar surface area (TPSA) is 72.5 Å². The number of nitrogens with one attached hydrogen (secondary N) is 1. The molecule has 21 heavy (non-hydrogen) atoms. The van der Waals surface area contributed by atoms with E-state index in [9.17, 15) is 13.2 Å². The van der Waals surface area contributed by atoms with Gasteiger partial charge in [0.15, 0.2) is 6.61 Å². The highest BCUT2D eigenvalue weighted by Gasteiger charge is 2.18. The third kappa shape index (κ3) is 5.84. The van der Waals surface area contributed by atoms with Gasteiger partial charge in [0, 0.05) is 21.2 Å². The molecule has 0 unspecified atom stereocenters. The highest BCUT2D eigenvalue weighted by molar-refractivity contribution is 9.10. The fraction of sp³-hybridized carbons (Fsp3) is 0.462. The Morgan fingerprint density at radius 3 is 2.52 bits per heavy atom. The summed E-state index contributed by atoms with van der Waals surface area (Å²) in [5.41, 5.74) is 0. The van der Waals surface area contributed by atoms with Crippen molar-refractivity contribution in [3.05, 3.63) is 22.7 Å². The van der Waals surface area contributed by atoms with Crippen LogP contribution in [-0.4, -0.2) is 27.0 Å². The van der Waals surface area contributed by atoms with Gasteiger partial charge in [0.25, 0.3) is 15.0 Å². The quantitative estimate of drug-likeness (QED) is 0.717. The zero-order valence-electron chi connectivity index (χ0n) is 11.7. The third-order valence-corrected chi connectivity index (χ3v) is 4.71. The maximum absolute atomic E-state index is 11.7. The number of ether oxygens (including phenoxy) is 1. The molecule has 0 saturated carbocycles. The summed E-state index contributed by atoms with van der Waals surface area (Å²) in [6.07, 6.45) is 1.64. The van der Waals surface area contributed by atoms with Crippen LogP contribution in [0.2, 0.25) is 0 Å². The predicted octanol–water partition coefficient (Wildman–Crippen LogP) is 3.06. The van der Waals surface area contributed by atoms with Gasteiger partial charge in [0.05, 0.1) is 0 Å². The first-order valence-electron chi connectivity index (χ1n) is 6.44. The van der Waals surface area contributed by atoms with Crippen LogP contribution in [0, 0.1) is 0 Å². The average molecular weight is 399 g/mol. The Hall–Kier alpha value is -0.790. The van der Waals surface area contributed by atoms with E-state index in [1.807, 2.05) is 13.8 Å². The van der Waals surface area contributed by atoms with E-state index in [2.05, 4.69) is 21.2 Å². The largest absolute Gasteiger partial charge is 0.482 e. The highest BCUT2D eigenvalue weighted by Crippen LogP contribution is 2.29. The molecular formula is C13H17BrClNO4S. The summed E-state index contributed by atoms with van der Waals surface area (Å²) in [4.78, 5) is 11.6. The average Bonchev–Trinajstić information content (AvgIpc) is 2.42. The van der Waals surface area contributed by atoms with Gasteiger partial charge in [-0.2, -0.15) is 0 Å². The van der Waals surface area contributed by atoms with E-state index in [0.29, 0.717) is 4.47 Å². The fourth-order valence-corrected chi connectivity index (χ4v) is 3.21. The van der Waals surface area contributed by atoms with Crippen molar-refractivity contribution >= 4 is 41.6 Å². The van der Waals surface area contributed by atoms with E-state index in [4.69, 9.17) is 15.4 Å². The van der Waals surface area contributed by atoms with Crippen LogP contribution in [-0.2, 0) is 13.8 Å². The summed E-state index contributed by atoms with van der Waals surface area (Å²) in [6, 6.07) is 4.47. The standard InChI is InChI=1S/C13H17BrClNO4S/c1-3-10(4-2)16-13(17)8-20-11-6-5-9(14)7-12(11)21(15,18)19/h5-7,10H,3-4,8H2,1-2H3,(H,16,17). The molecule has 5 nitrogen and oxygen atoms in total. The number of rotatable bonds is 7.